The van der Waals surface area contributed by atoms with E-state index < -0.39 is 22.5 Å². The zero-order valence-corrected chi connectivity index (χ0v) is 19.7. The number of rotatable bonds is 7. The summed E-state index contributed by atoms with van der Waals surface area (Å²) in [4.78, 5) is 12.7. The minimum Gasteiger partial charge on any atom is -0.271 e. The van der Waals surface area contributed by atoms with Gasteiger partial charge in [-0.15, -0.1) is 0 Å². The first kappa shape index (κ1) is 23.8. The molecule has 0 aliphatic heterocycles. The van der Waals surface area contributed by atoms with Gasteiger partial charge in [0.1, 0.15) is 6.54 Å². The molecule has 0 radical (unpaired) electrons. The van der Waals surface area contributed by atoms with E-state index in [0.29, 0.717) is 21.3 Å². The minimum atomic E-state index is -4.00. The van der Waals surface area contributed by atoms with Crippen LogP contribution in [0.25, 0.3) is 0 Å². The van der Waals surface area contributed by atoms with Crippen LogP contribution < -0.4 is 9.73 Å². The standard InChI is InChI=1S/C23H21Cl2N3O3S/c1-16-11-12-22(17(2)13-16)28(32(30,31)18-7-4-3-5-8-18)15-23(29)27-26-14-19-20(24)9-6-10-21(19)25/h3-14H,15H2,1-2H3,(H,27,29)/b26-14+. The molecule has 3 aromatic carbocycles. The van der Waals surface area contributed by atoms with Gasteiger partial charge < -0.3 is 0 Å². The summed E-state index contributed by atoms with van der Waals surface area (Å²) in [6.45, 7) is 3.24. The van der Waals surface area contributed by atoms with Crippen molar-refractivity contribution >= 4 is 51.0 Å². The van der Waals surface area contributed by atoms with Crippen LogP contribution in [0.5, 0.6) is 0 Å². The summed E-state index contributed by atoms with van der Waals surface area (Å²) in [5.74, 6) is -0.621. The van der Waals surface area contributed by atoms with Crippen molar-refractivity contribution in [1.29, 1.82) is 0 Å². The van der Waals surface area contributed by atoms with Gasteiger partial charge in [0.15, 0.2) is 0 Å². The lowest BCUT2D eigenvalue weighted by Gasteiger charge is -2.25. The number of amides is 1. The first-order valence-corrected chi connectivity index (χ1v) is 11.8. The van der Waals surface area contributed by atoms with Crippen LogP contribution >= 0.6 is 23.2 Å². The smallest absolute Gasteiger partial charge is 0.264 e. The van der Waals surface area contributed by atoms with Gasteiger partial charge in [0.25, 0.3) is 15.9 Å². The monoisotopic (exact) mass is 489 g/mol. The third-order valence-electron chi connectivity index (χ3n) is 4.62. The van der Waals surface area contributed by atoms with Gasteiger partial charge in [0.05, 0.1) is 26.8 Å². The topological polar surface area (TPSA) is 78.8 Å². The summed E-state index contributed by atoms with van der Waals surface area (Å²) < 4.78 is 27.8. The lowest BCUT2D eigenvalue weighted by atomic mass is 10.1. The Balaban J connectivity index is 1.89. The number of carbonyl (C=O) groups is 1. The van der Waals surface area contributed by atoms with Crippen LogP contribution in [0.1, 0.15) is 16.7 Å². The lowest BCUT2D eigenvalue weighted by Crippen LogP contribution is -2.40. The molecule has 0 aliphatic rings. The Hall–Kier alpha value is -2.87. The lowest BCUT2D eigenvalue weighted by molar-refractivity contribution is -0.119. The van der Waals surface area contributed by atoms with Gasteiger partial charge in [-0.05, 0) is 49.7 Å². The maximum absolute atomic E-state index is 13.4. The highest BCUT2D eigenvalue weighted by molar-refractivity contribution is 7.92. The molecule has 0 unspecified atom stereocenters. The largest absolute Gasteiger partial charge is 0.271 e. The fraction of sp³-hybridized carbons (Fsp3) is 0.130. The molecule has 0 fully saturated rings. The van der Waals surface area contributed by atoms with E-state index in [1.54, 1.807) is 55.5 Å². The second-order valence-corrected chi connectivity index (χ2v) is 9.72. The molecule has 0 spiro atoms. The molecule has 0 aromatic heterocycles. The number of aryl methyl sites for hydroxylation is 2. The molecule has 0 bridgehead atoms. The van der Waals surface area contributed by atoms with Crippen molar-refractivity contribution in [2.45, 2.75) is 18.7 Å². The van der Waals surface area contributed by atoms with Crippen molar-refractivity contribution in [3.63, 3.8) is 0 Å². The Morgan fingerprint density at radius 3 is 2.28 bits per heavy atom. The Kier molecular flexibility index (Phi) is 7.56. The molecule has 1 amide bonds. The highest BCUT2D eigenvalue weighted by atomic mass is 35.5. The summed E-state index contributed by atoms with van der Waals surface area (Å²) >= 11 is 12.2. The van der Waals surface area contributed by atoms with Crippen LogP contribution in [-0.2, 0) is 14.8 Å². The van der Waals surface area contributed by atoms with Gasteiger partial charge in [-0.1, -0.05) is 65.2 Å². The van der Waals surface area contributed by atoms with Crippen molar-refractivity contribution in [3.05, 3.63) is 93.5 Å². The number of hydrogen-bond donors (Lipinski definition) is 1. The van der Waals surface area contributed by atoms with Crippen LogP contribution in [-0.4, -0.2) is 27.1 Å². The number of hydrogen-bond acceptors (Lipinski definition) is 4. The fourth-order valence-electron chi connectivity index (χ4n) is 3.07. The molecule has 3 rings (SSSR count). The number of nitrogens with one attached hydrogen (secondary N) is 1. The van der Waals surface area contributed by atoms with E-state index in [1.807, 2.05) is 13.0 Å². The van der Waals surface area contributed by atoms with Crippen LogP contribution in [0.15, 0.2) is 76.7 Å². The highest BCUT2D eigenvalue weighted by Gasteiger charge is 2.28. The third kappa shape index (κ3) is 5.48. The average molecular weight is 490 g/mol. The first-order valence-electron chi connectivity index (χ1n) is 9.61. The van der Waals surface area contributed by atoms with Crippen molar-refractivity contribution < 1.29 is 13.2 Å². The second kappa shape index (κ2) is 10.2. The van der Waals surface area contributed by atoms with Crippen molar-refractivity contribution in [2.75, 3.05) is 10.8 Å². The zero-order chi connectivity index (χ0) is 23.3. The van der Waals surface area contributed by atoms with Crippen LogP contribution in [0.3, 0.4) is 0 Å². The first-order chi connectivity index (χ1) is 15.2. The van der Waals surface area contributed by atoms with E-state index in [2.05, 4.69) is 10.5 Å². The summed E-state index contributed by atoms with van der Waals surface area (Å²) in [5, 5.41) is 4.63. The maximum Gasteiger partial charge on any atom is 0.264 e. The third-order valence-corrected chi connectivity index (χ3v) is 7.06. The number of halogens is 2. The Morgan fingerprint density at radius 1 is 1.00 bits per heavy atom. The molecule has 0 atom stereocenters. The van der Waals surface area contributed by atoms with E-state index >= 15 is 0 Å². The van der Waals surface area contributed by atoms with Gasteiger partial charge in [-0.25, -0.2) is 13.8 Å². The molecule has 6 nitrogen and oxygen atoms in total. The predicted molar refractivity (Wildman–Crippen MR) is 129 cm³/mol. The van der Waals surface area contributed by atoms with Crippen LogP contribution in [0, 0.1) is 13.8 Å². The van der Waals surface area contributed by atoms with E-state index in [-0.39, 0.29) is 4.90 Å². The number of nitrogens with zero attached hydrogens (tertiary/aromatic N) is 2. The van der Waals surface area contributed by atoms with E-state index in [9.17, 15) is 13.2 Å². The molecule has 0 aliphatic carbocycles. The van der Waals surface area contributed by atoms with E-state index in [1.165, 1.54) is 18.3 Å². The second-order valence-electron chi connectivity index (χ2n) is 7.04. The normalized spacial score (nSPS) is 11.5. The van der Waals surface area contributed by atoms with Crippen molar-refractivity contribution in [2.24, 2.45) is 5.10 Å². The summed E-state index contributed by atoms with van der Waals surface area (Å²) in [7, 11) is -4.00. The number of carbonyl (C=O) groups excluding carboxylic acids is 1. The van der Waals surface area contributed by atoms with Gasteiger partial charge in [-0.2, -0.15) is 5.10 Å². The molecule has 0 heterocycles. The molecule has 0 saturated heterocycles. The predicted octanol–water partition coefficient (Wildman–Crippen LogP) is 4.96. The summed E-state index contributed by atoms with van der Waals surface area (Å²) in [6.07, 6.45) is 1.32. The Morgan fingerprint density at radius 2 is 1.66 bits per heavy atom. The molecular formula is C23H21Cl2N3O3S. The number of hydrazone groups is 1. The molecule has 9 heteroatoms. The Labute approximate surface area is 197 Å². The van der Waals surface area contributed by atoms with Gasteiger partial charge in [-0.3, -0.25) is 9.10 Å². The summed E-state index contributed by atoms with van der Waals surface area (Å²) in [5.41, 5.74) is 4.91. The van der Waals surface area contributed by atoms with Gasteiger partial charge >= 0.3 is 0 Å². The van der Waals surface area contributed by atoms with Crippen molar-refractivity contribution in [1.82, 2.24) is 5.43 Å². The van der Waals surface area contributed by atoms with Crippen LogP contribution in [0.2, 0.25) is 10.0 Å². The molecule has 0 saturated carbocycles. The summed E-state index contributed by atoms with van der Waals surface area (Å²) in [6, 6.07) is 18.3. The quantitative estimate of drug-likeness (QED) is 0.376. The van der Waals surface area contributed by atoms with Crippen molar-refractivity contribution in [3.8, 4) is 0 Å². The molecular weight excluding hydrogens is 469 g/mol. The number of anilines is 1. The molecule has 3 aromatic rings. The molecule has 32 heavy (non-hydrogen) atoms. The highest BCUT2D eigenvalue weighted by Crippen LogP contribution is 2.27. The van der Waals surface area contributed by atoms with Crippen LogP contribution in [0.4, 0.5) is 5.69 Å². The fourth-order valence-corrected chi connectivity index (χ4v) is 5.07. The van der Waals surface area contributed by atoms with Gasteiger partial charge in [0.2, 0.25) is 0 Å². The maximum atomic E-state index is 13.4. The minimum absolute atomic E-state index is 0.0825. The molecule has 1 N–H and O–H groups in total. The van der Waals surface area contributed by atoms with E-state index in [0.717, 1.165) is 15.4 Å². The number of benzene rings is 3. The zero-order valence-electron chi connectivity index (χ0n) is 17.4. The molecule has 166 valence electrons. The van der Waals surface area contributed by atoms with E-state index in [4.69, 9.17) is 23.2 Å². The Bertz CT molecular complexity index is 1240. The SMILES string of the molecule is Cc1ccc(N(CC(=O)N/N=C/c2c(Cl)cccc2Cl)S(=O)(=O)c2ccccc2)c(C)c1. The number of sulfonamides is 1. The van der Waals surface area contributed by atoms with Gasteiger partial charge in [0, 0.05) is 5.56 Å². The average Bonchev–Trinajstić information content (AvgIpc) is 2.75.